The third-order valence-electron chi connectivity index (χ3n) is 3.83. The lowest BCUT2D eigenvalue weighted by Gasteiger charge is -2.35. The summed E-state index contributed by atoms with van der Waals surface area (Å²) in [5.41, 5.74) is 0. The third kappa shape index (κ3) is 2.33. The Balaban J connectivity index is 1.98. The van der Waals surface area contributed by atoms with Gasteiger partial charge in [-0.2, -0.15) is 0 Å². The molecule has 1 saturated carbocycles. The molecule has 1 N–H and O–H groups in total. The van der Waals surface area contributed by atoms with Crippen LogP contribution in [-0.2, 0) is 4.79 Å². The molecule has 0 aromatic rings. The molecule has 2 fully saturated rings. The maximum atomic E-state index is 12.1. The Morgan fingerprint density at radius 3 is 2.53 bits per heavy atom. The molecule has 1 amide bonds. The number of likely N-dealkylation sites (tertiary alicyclic amines) is 1. The fourth-order valence-electron chi connectivity index (χ4n) is 2.55. The number of hydrogen-bond donors (Lipinski definition) is 1. The van der Waals surface area contributed by atoms with Crippen LogP contribution in [0.5, 0.6) is 0 Å². The molecule has 0 bridgehead atoms. The van der Waals surface area contributed by atoms with Crippen molar-refractivity contribution < 1.29 is 9.90 Å². The fraction of sp³-hybridized carbons (Fsp3) is 0.917. The first-order valence-electron chi connectivity index (χ1n) is 6.24. The van der Waals surface area contributed by atoms with Crippen molar-refractivity contribution in [2.75, 3.05) is 13.2 Å². The van der Waals surface area contributed by atoms with Crippen LogP contribution in [0.15, 0.2) is 0 Å². The zero-order valence-corrected chi connectivity index (χ0v) is 9.32. The highest BCUT2D eigenvalue weighted by Crippen LogP contribution is 2.30. The minimum atomic E-state index is 0.0978. The predicted octanol–water partition coefficient (Wildman–Crippen LogP) is 1.55. The third-order valence-corrected chi connectivity index (χ3v) is 3.83. The van der Waals surface area contributed by atoms with Crippen molar-refractivity contribution in [1.29, 1.82) is 0 Å². The van der Waals surface area contributed by atoms with Crippen LogP contribution in [0.25, 0.3) is 0 Å². The Kier molecular flexibility index (Phi) is 3.62. The van der Waals surface area contributed by atoms with Gasteiger partial charge < -0.3 is 10.0 Å². The van der Waals surface area contributed by atoms with Gasteiger partial charge in [0.15, 0.2) is 0 Å². The molecule has 1 heterocycles. The van der Waals surface area contributed by atoms with Crippen molar-refractivity contribution in [2.45, 2.75) is 51.0 Å². The van der Waals surface area contributed by atoms with Crippen molar-refractivity contribution in [3.8, 4) is 0 Å². The highest BCUT2D eigenvalue weighted by Gasteiger charge is 2.33. The second-order valence-corrected chi connectivity index (χ2v) is 4.85. The number of aliphatic hydroxyl groups excluding tert-OH is 1. The summed E-state index contributed by atoms with van der Waals surface area (Å²) in [5, 5.41) is 9.31. The number of hydrogen-bond acceptors (Lipinski definition) is 2. The summed E-state index contributed by atoms with van der Waals surface area (Å²) >= 11 is 0. The van der Waals surface area contributed by atoms with Crippen molar-refractivity contribution in [1.82, 2.24) is 4.90 Å². The standard InChI is InChI=1S/C12H21NO2/c14-9-11-7-2-1-3-8-13(11)12(15)10-5-4-6-10/h10-11,14H,1-9H2. The molecule has 3 heteroatoms. The molecule has 2 aliphatic rings. The van der Waals surface area contributed by atoms with Crippen LogP contribution in [0.1, 0.15) is 44.9 Å². The molecule has 1 saturated heterocycles. The maximum absolute atomic E-state index is 12.1. The Labute approximate surface area is 91.5 Å². The molecule has 0 aromatic carbocycles. The van der Waals surface area contributed by atoms with Gasteiger partial charge in [0, 0.05) is 12.5 Å². The molecule has 2 rings (SSSR count). The van der Waals surface area contributed by atoms with Crippen LogP contribution in [0.4, 0.5) is 0 Å². The minimum absolute atomic E-state index is 0.0978. The lowest BCUT2D eigenvalue weighted by molar-refractivity contribution is -0.141. The first-order valence-corrected chi connectivity index (χ1v) is 6.24. The molecule has 1 aliphatic heterocycles. The van der Waals surface area contributed by atoms with E-state index in [1.54, 1.807) is 0 Å². The second-order valence-electron chi connectivity index (χ2n) is 4.85. The summed E-state index contributed by atoms with van der Waals surface area (Å²) in [4.78, 5) is 14.1. The van der Waals surface area contributed by atoms with E-state index in [2.05, 4.69) is 0 Å². The molecule has 0 spiro atoms. The monoisotopic (exact) mass is 211 g/mol. The molecular weight excluding hydrogens is 190 g/mol. The van der Waals surface area contributed by atoms with Crippen molar-refractivity contribution >= 4 is 5.91 Å². The first-order chi connectivity index (χ1) is 7.33. The van der Waals surface area contributed by atoms with E-state index >= 15 is 0 Å². The number of carbonyl (C=O) groups excluding carboxylic acids is 1. The van der Waals surface area contributed by atoms with Gasteiger partial charge in [0.2, 0.25) is 5.91 Å². The van der Waals surface area contributed by atoms with E-state index in [0.29, 0.717) is 5.91 Å². The molecule has 3 nitrogen and oxygen atoms in total. The zero-order chi connectivity index (χ0) is 10.7. The van der Waals surface area contributed by atoms with Crippen molar-refractivity contribution in [3.05, 3.63) is 0 Å². The van der Waals surface area contributed by atoms with Crippen LogP contribution in [0.3, 0.4) is 0 Å². The molecule has 1 aliphatic carbocycles. The van der Waals surface area contributed by atoms with Gasteiger partial charge in [-0.05, 0) is 25.7 Å². The van der Waals surface area contributed by atoms with E-state index in [9.17, 15) is 9.90 Å². The number of carbonyl (C=O) groups is 1. The van der Waals surface area contributed by atoms with E-state index in [1.165, 1.54) is 12.8 Å². The lowest BCUT2D eigenvalue weighted by Crippen LogP contribution is -2.46. The normalized spacial score (nSPS) is 28.3. The number of amides is 1. The zero-order valence-electron chi connectivity index (χ0n) is 9.32. The predicted molar refractivity (Wildman–Crippen MR) is 58.4 cm³/mol. The highest BCUT2D eigenvalue weighted by atomic mass is 16.3. The summed E-state index contributed by atoms with van der Waals surface area (Å²) in [7, 11) is 0. The quantitative estimate of drug-likeness (QED) is 0.753. The van der Waals surface area contributed by atoms with Gasteiger partial charge in [0.1, 0.15) is 0 Å². The van der Waals surface area contributed by atoms with E-state index in [-0.39, 0.29) is 18.6 Å². The summed E-state index contributed by atoms with van der Waals surface area (Å²) in [6.45, 7) is 0.999. The van der Waals surface area contributed by atoms with Crippen molar-refractivity contribution in [2.24, 2.45) is 5.92 Å². The minimum Gasteiger partial charge on any atom is -0.394 e. The van der Waals surface area contributed by atoms with Gasteiger partial charge in [-0.1, -0.05) is 19.3 Å². The van der Waals surface area contributed by atoms with E-state index in [0.717, 1.165) is 38.6 Å². The summed E-state index contributed by atoms with van der Waals surface area (Å²) < 4.78 is 0. The maximum Gasteiger partial charge on any atom is 0.226 e. The smallest absolute Gasteiger partial charge is 0.226 e. The molecular formula is C12H21NO2. The molecule has 0 radical (unpaired) electrons. The number of nitrogens with zero attached hydrogens (tertiary/aromatic N) is 1. The van der Waals surface area contributed by atoms with Gasteiger partial charge in [-0.3, -0.25) is 4.79 Å². The lowest BCUT2D eigenvalue weighted by atomic mass is 9.84. The van der Waals surface area contributed by atoms with Gasteiger partial charge in [-0.15, -0.1) is 0 Å². The Morgan fingerprint density at radius 1 is 1.13 bits per heavy atom. The number of aliphatic hydroxyl groups is 1. The molecule has 1 unspecified atom stereocenters. The summed E-state index contributed by atoms with van der Waals surface area (Å²) in [6.07, 6.45) is 7.77. The van der Waals surface area contributed by atoms with E-state index in [1.807, 2.05) is 4.90 Å². The summed E-state index contributed by atoms with van der Waals surface area (Å²) in [6, 6.07) is 0.0978. The highest BCUT2D eigenvalue weighted by molar-refractivity contribution is 5.80. The largest absolute Gasteiger partial charge is 0.394 e. The van der Waals surface area contributed by atoms with E-state index < -0.39 is 0 Å². The van der Waals surface area contributed by atoms with Crippen molar-refractivity contribution in [3.63, 3.8) is 0 Å². The Morgan fingerprint density at radius 2 is 1.93 bits per heavy atom. The average Bonchev–Trinajstić information content (AvgIpc) is 2.39. The SMILES string of the molecule is O=C(C1CCC1)N1CCCCCC1CO. The molecule has 1 atom stereocenters. The van der Waals surface area contributed by atoms with Gasteiger partial charge in [0.05, 0.1) is 12.6 Å². The van der Waals surface area contributed by atoms with Gasteiger partial charge >= 0.3 is 0 Å². The average molecular weight is 211 g/mol. The van der Waals surface area contributed by atoms with Crippen LogP contribution < -0.4 is 0 Å². The van der Waals surface area contributed by atoms with Crippen LogP contribution in [0.2, 0.25) is 0 Å². The fourth-order valence-corrected chi connectivity index (χ4v) is 2.55. The molecule has 0 aromatic heterocycles. The van der Waals surface area contributed by atoms with Crippen LogP contribution >= 0.6 is 0 Å². The molecule has 15 heavy (non-hydrogen) atoms. The Bertz CT molecular complexity index is 226. The first kappa shape index (κ1) is 10.9. The summed E-state index contributed by atoms with van der Waals surface area (Å²) in [5.74, 6) is 0.583. The second kappa shape index (κ2) is 4.97. The molecule has 86 valence electrons. The Hall–Kier alpha value is -0.570. The number of rotatable bonds is 2. The van der Waals surface area contributed by atoms with Gasteiger partial charge in [-0.25, -0.2) is 0 Å². The topological polar surface area (TPSA) is 40.5 Å². The van der Waals surface area contributed by atoms with E-state index in [4.69, 9.17) is 0 Å². The van der Waals surface area contributed by atoms with Gasteiger partial charge in [0.25, 0.3) is 0 Å². The van der Waals surface area contributed by atoms with Crippen LogP contribution in [0, 0.1) is 5.92 Å². The van der Waals surface area contributed by atoms with Crippen LogP contribution in [-0.4, -0.2) is 35.1 Å².